The Labute approximate surface area is 151 Å². The predicted octanol–water partition coefficient (Wildman–Crippen LogP) is 5.11. The van der Waals surface area contributed by atoms with Crippen molar-refractivity contribution >= 4 is 52.1 Å². The first kappa shape index (κ1) is 17.3. The maximum atomic E-state index is 12.1. The number of halogens is 2. The van der Waals surface area contributed by atoms with Gasteiger partial charge in [0, 0.05) is 42.9 Å². The largest absolute Gasteiger partial charge is 0.339 e. The molecule has 0 unspecified atom stereocenters. The number of hydrogen-bond acceptors (Lipinski definition) is 3. The van der Waals surface area contributed by atoms with E-state index in [2.05, 4.69) is 26.0 Å². The highest BCUT2D eigenvalue weighted by molar-refractivity contribution is 14.0. The van der Waals surface area contributed by atoms with Crippen LogP contribution in [0.2, 0.25) is 0 Å². The van der Waals surface area contributed by atoms with E-state index in [-0.39, 0.29) is 25.4 Å². The van der Waals surface area contributed by atoms with Gasteiger partial charge < -0.3 is 4.98 Å². The average molecular weight is 424 g/mol. The first-order chi connectivity index (χ1) is 10.7. The highest BCUT2D eigenvalue weighted by Gasteiger charge is 2.03. The summed E-state index contributed by atoms with van der Waals surface area (Å²) in [4.78, 5) is 15.2. The maximum absolute atomic E-state index is 12.1. The van der Waals surface area contributed by atoms with Gasteiger partial charge in [0.1, 0.15) is 5.65 Å². The molecule has 0 fully saturated rings. The van der Waals surface area contributed by atoms with Crippen LogP contribution in [0.1, 0.15) is 13.5 Å². The van der Waals surface area contributed by atoms with Gasteiger partial charge in [0.15, 0.2) is 0 Å². The Kier molecular flexibility index (Phi) is 5.97. The lowest BCUT2D eigenvalue weighted by Crippen LogP contribution is -1.79. The van der Waals surface area contributed by atoms with E-state index in [4.69, 9.17) is 0 Å². The van der Waals surface area contributed by atoms with Crippen molar-refractivity contribution in [2.75, 3.05) is 0 Å². The molecule has 0 bridgehead atoms. The number of rotatable bonds is 0. The molecule has 0 spiro atoms. The summed E-state index contributed by atoms with van der Waals surface area (Å²) in [6, 6.07) is 6.06. The van der Waals surface area contributed by atoms with E-state index in [1.165, 1.54) is 12.3 Å². The third-order valence-electron chi connectivity index (χ3n) is 3.22. The minimum absolute atomic E-state index is 0. The van der Waals surface area contributed by atoms with Crippen molar-refractivity contribution in [3.63, 3.8) is 0 Å². The molecule has 0 saturated carbocycles. The summed E-state index contributed by atoms with van der Waals surface area (Å²) in [5.41, 5.74) is 3.05. The molecule has 4 rings (SSSR count). The predicted molar refractivity (Wildman–Crippen MR) is 105 cm³/mol. The lowest BCUT2D eigenvalue weighted by molar-refractivity contribution is 0.630. The fraction of sp³-hybridized carbons (Fsp3) is 0.118. The van der Waals surface area contributed by atoms with E-state index in [9.17, 15) is 4.39 Å². The molecular weight excluding hydrogens is 406 g/mol. The Balaban J connectivity index is 0.000000252. The minimum atomic E-state index is -0.418. The summed E-state index contributed by atoms with van der Waals surface area (Å²) in [6.45, 7) is 1.99. The zero-order chi connectivity index (χ0) is 15.4. The number of allylic oxidation sites excluding steroid dienone is 3. The van der Waals surface area contributed by atoms with E-state index in [0.717, 1.165) is 34.1 Å². The van der Waals surface area contributed by atoms with Crippen molar-refractivity contribution in [3.8, 4) is 0 Å². The van der Waals surface area contributed by atoms with Crippen molar-refractivity contribution < 1.29 is 5.82 Å². The molecule has 0 aliphatic carbocycles. The van der Waals surface area contributed by atoms with E-state index in [1.807, 2.05) is 31.3 Å². The number of nitrogens with one attached hydrogen (secondary N) is 1. The van der Waals surface area contributed by atoms with E-state index in [0.29, 0.717) is 0 Å². The standard InChI is InChI=1S/C11H9N3.C6H6FN.HI.H2/c1-7-2-3-8-9-6-12-5-4-10(9)14-11(8)13-7;7-6-4-2-1-3-5-8-6;;/h2-6H,1H3,(H,13,14);1-2,4-5H,3H2;2*1H. The van der Waals surface area contributed by atoms with Crippen molar-refractivity contribution in [3.05, 3.63) is 60.5 Å². The van der Waals surface area contributed by atoms with Crippen LogP contribution in [0.15, 0.2) is 59.8 Å². The van der Waals surface area contributed by atoms with Crippen LogP contribution < -0.4 is 0 Å². The van der Waals surface area contributed by atoms with Gasteiger partial charge in [0.25, 0.3) is 0 Å². The minimum Gasteiger partial charge on any atom is -0.339 e. The number of aliphatic imine (C=N–C) groups is 1. The zero-order valence-corrected chi connectivity index (χ0v) is 14.9. The molecule has 23 heavy (non-hydrogen) atoms. The second-order valence-corrected chi connectivity index (χ2v) is 4.86. The molecule has 0 atom stereocenters. The molecular formula is C17H18FIN4. The number of aryl methyl sites for hydroxylation is 1. The molecule has 6 heteroatoms. The number of aromatic nitrogens is 3. The normalized spacial score (nSPS) is 13.0. The van der Waals surface area contributed by atoms with Crippen LogP contribution in [0.4, 0.5) is 4.39 Å². The number of pyridine rings is 2. The Morgan fingerprint density at radius 3 is 2.96 bits per heavy atom. The third-order valence-corrected chi connectivity index (χ3v) is 3.22. The number of nitrogens with zero attached hydrogens (tertiary/aromatic N) is 3. The van der Waals surface area contributed by atoms with Gasteiger partial charge in [0.2, 0.25) is 5.95 Å². The van der Waals surface area contributed by atoms with Gasteiger partial charge in [0.05, 0.1) is 5.52 Å². The fourth-order valence-electron chi connectivity index (χ4n) is 2.18. The lowest BCUT2D eigenvalue weighted by Gasteiger charge is -1.91. The van der Waals surface area contributed by atoms with Crippen LogP contribution >= 0.6 is 24.0 Å². The Morgan fingerprint density at radius 1 is 1.22 bits per heavy atom. The van der Waals surface area contributed by atoms with Crippen LogP contribution in [0.3, 0.4) is 0 Å². The van der Waals surface area contributed by atoms with Gasteiger partial charge in [-0.1, -0.05) is 12.2 Å². The number of aromatic amines is 1. The summed E-state index contributed by atoms with van der Waals surface area (Å²) < 4.78 is 12.1. The highest BCUT2D eigenvalue weighted by Crippen LogP contribution is 2.22. The van der Waals surface area contributed by atoms with E-state index in [1.54, 1.807) is 12.3 Å². The van der Waals surface area contributed by atoms with Gasteiger partial charge >= 0.3 is 0 Å². The molecule has 0 aromatic carbocycles. The summed E-state index contributed by atoms with van der Waals surface area (Å²) in [7, 11) is 0. The van der Waals surface area contributed by atoms with E-state index >= 15 is 0 Å². The molecule has 120 valence electrons. The Bertz CT molecular complexity index is 902. The molecule has 1 N–H and O–H groups in total. The van der Waals surface area contributed by atoms with Gasteiger partial charge in [-0.25, -0.2) is 9.98 Å². The smallest absolute Gasteiger partial charge is 0.212 e. The van der Waals surface area contributed by atoms with Crippen LogP contribution in [0.25, 0.3) is 21.9 Å². The third kappa shape index (κ3) is 4.22. The number of hydrogen-bond donors (Lipinski definition) is 1. The van der Waals surface area contributed by atoms with Gasteiger partial charge in [-0.2, -0.15) is 4.39 Å². The van der Waals surface area contributed by atoms with Crippen molar-refractivity contribution in [2.45, 2.75) is 13.3 Å². The molecule has 4 nitrogen and oxygen atoms in total. The summed E-state index contributed by atoms with van der Waals surface area (Å²) in [5.74, 6) is -0.418. The van der Waals surface area contributed by atoms with Gasteiger partial charge in [-0.05, 0) is 31.2 Å². The van der Waals surface area contributed by atoms with Crippen molar-refractivity contribution in [2.24, 2.45) is 4.99 Å². The van der Waals surface area contributed by atoms with Crippen LogP contribution in [-0.4, -0.2) is 21.2 Å². The molecule has 3 aromatic rings. The van der Waals surface area contributed by atoms with Gasteiger partial charge in [-0.15, -0.1) is 24.0 Å². The zero-order valence-electron chi connectivity index (χ0n) is 12.5. The molecule has 3 aromatic heterocycles. The van der Waals surface area contributed by atoms with Crippen molar-refractivity contribution in [1.29, 1.82) is 0 Å². The molecule has 4 heterocycles. The highest BCUT2D eigenvalue weighted by atomic mass is 127. The second kappa shape index (κ2) is 7.96. The second-order valence-electron chi connectivity index (χ2n) is 4.86. The Hall–Kier alpha value is -2.09. The van der Waals surface area contributed by atoms with E-state index < -0.39 is 5.95 Å². The number of H-pyrrole nitrogens is 1. The molecule has 0 radical (unpaired) electrons. The SMILES string of the molecule is Cc1ccc2c(n1)[nH]c1ccncc12.FC1=CC=CCC=N1.I.[HH]. The number of fused-ring (bicyclic) bond motifs is 3. The quantitative estimate of drug-likeness (QED) is 0.403. The lowest BCUT2D eigenvalue weighted by atomic mass is 10.2. The molecule has 1 aliphatic heterocycles. The topological polar surface area (TPSA) is 53.9 Å². The van der Waals surface area contributed by atoms with Crippen molar-refractivity contribution in [1.82, 2.24) is 15.0 Å². The molecule has 0 amide bonds. The molecule has 1 aliphatic rings. The van der Waals surface area contributed by atoms with Crippen LogP contribution in [0, 0.1) is 6.92 Å². The first-order valence-corrected chi connectivity index (χ1v) is 6.98. The van der Waals surface area contributed by atoms with Crippen LogP contribution in [0.5, 0.6) is 0 Å². The van der Waals surface area contributed by atoms with Gasteiger partial charge in [-0.3, -0.25) is 4.98 Å². The fourth-order valence-corrected chi connectivity index (χ4v) is 2.18. The first-order valence-electron chi connectivity index (χ1n) is 6.98. The summed E-state index contributed by atoms with van der Waals surface area (Å²) in [5, 5.41) is 2.27. The van der Waals surface area contributed by atoms with Crippen LogP contribution in [-0.2, 0) is 0 Å². The average Bonchev–Trinajstić information content (AvgIpc) is 2.70. The maximum Gasteiger partial charge on any atom is 0.212 e. The monoisotopic (exact) mass is 424 g/mol. The molecule has 0 saturated heterocycles. The summed E-state index contributed by atoms with van der Waals surface area (Å²) in [6.07, 6.45) is 10.7. The summed E-state index contributed by atoms with van der Waals surface area (Å²) >= 11 is 0. The Morgan fingerprint density at radius 2 is 2.09 bits per heavy atom.